The van der Waals surface area contributed by atoms with Crippen LogP contribution in [0.25, 0.3) is 0 Å². The topological polar surface area (TPSA) is 477 Å². The van der Waals surface area contributed by atoms with Gasteiger partial charge in [0.25, 0.3) is 0 Å². The number of carbonyl (C=O) groups is 8. The molecule has 4 saturated heterocycles. The van der Waals surface area contributed by atoms with E-state index in [2.05, 4.69) is 43.7 Å². The first-order valence-corrected chi connectivity index (χ1v) is 40.8. The Bertz CT molecular complexity index is 2350. The lowest BCUT2D eigenvalue weighted by Gasteiger charge is -2.40. The normalized spacial score (nSPS) is 26.0. The second kappa shape index (κ2) is 57.3. The number of ketones is 1. The first-order chi connectivity index (χ1) is 53.0. The van der Waals surface area contributed by atoms with Crippen molar-refractivity contribution in [3.05, 3.63) is 0 Å². The quantitative estimate of drug-likeness (QED) is 0.0379. The molecule has 4 fully saturated rings. The highest BCUT2D eigenvalue weighted by Crippen LogP contribution is 2.31. The van der Waals surface area contributed by atoms with Crippen molar-refractivity contribution in [1.82, 2.24) is 36.8 Å². The Kier molecular flexibility index (Phi) is 50.8. The minimum atomic E-state index is -1.23. The van der Waals surface area contributed by atoms with E-state index < -0.39 is 117 Å². The maximum atomic E-state index is 14.1. The van der Waals surface area contributed by atoms with Gasteiger partial charge < -0.3 is 125 Å². The molecule has 16 atom stereocenters. The molecule has 0 bridgehead atoms. The summed E-state index contributed by atoms with van der Waals surface area (Å²) in [6, 6.07) is 0.371. The number of ether oxygens (including phenoxy) is 9. The number of rotatable bonds is 62. The third-order valence-electron chi connectivity index (χ3n) is 20.8. The average Bonchev–Trinajstić information content (AvgIpc) is 1.19. The summed E-state index contributed by atoms with van der Waals surface area (Å²) in [6.45, 7) is 8.73. The molecule has 0 saturated carbocycles. The zero-order chi connectivity index (χ0) is 80.5. The molecule has 0 spiro atoms. The van der Waals surface area contributed by atoms with Crippen molar-refractivity contribution in [2.24, 2.45) is 23.2 Å². The number of unbranched alkanes of at least 4 members (excludes halogenated alkanes) is 10. The maximum Gasteiger partial charge on any atom is 0.222 e. The Morgan fingerprint density at radius 3 is 1.00 bits per heavy atom. The molecule has 15 unspecified atom stereocenters. The number of aliphatic hydroxyl groups is 9. The summed E-state index contributed by atoms with van der Waals surface area (Å²) in [5, 5.41) is 107. The summed E-state index contributed by atoms with van der Waals surface area (Å²) in [5.41, 5.74) is -1.11. The predicted molar refractivity (Wildman–Crippen MR) is 402 cm³/mol. The molecule has 0 aliphatic carbocycles. The lowest BCUT2D eigenvalue weighted by molar-refractivity contribution is -0.282. The van der Waals surface area contributed by atoms with Crippen LogP contribution in [0.4, 0.5) is 0 Å². The van der Waals surface area contributed by atoms with Gasteiger partial charge in [-0.15, -0.1) is 0 Å². The highest BCUT2D eigenvalue weighted by atomic mass is 16.7. The zero-order valence-corrected chi connectivity index (χ0v) is 66.1. The first-order valence-electron chi connectivity index (χ1n) is 40.8. The van der Waals surface area contributed by atoms with E-state index in [0.29, 0.717) is 96.3 Å². The van der Waals surface area contributed by atoms with Crippen LogP contribution in [0.15, 0.2) is 0 Å². The number of nitrogens with one attached hydrogen (secondary N) is 6. The number of aliphatic hydroxyl groups excluding tert-OH is 9. The largest absolute Gasteiger partial charge is 0.394 e. The Morgan fingerprint density at radius 1 is 0.382 bits per heavy atom. The van der Waals surface area contributed by atoms with Crippen molar-refractivity contribution in [2.45, 2.75) is 294 Å². The average molecular weight is 1580 g/mol. The van der Waals surface area contributed by atoms with Gasteiger partial charge in [0.05, 0.1) is 77.8 Å². The smallest absolute Gasteiger partial charge is 0.222 e. The number of Topliss-reactive ketones (excluding diaryl/α,β-unsaturated/α-hetero) is 1. The van der Waals surface area contributed by atoms with Gasteiger partial charge in [-0.25, -0.2) is 0 Å². The second-order valence-corrected chi connectivity index (χ2v) is 30.1. The molecule has 0 aromatic carbocycles. The van der Waals surface area contributed by atoms with Gasteiger partial charge in [0.2, 0.25) is 41.4 Å². The monoisotopic (exact) mass is 1580 g/mol. The molecule has 4 heterocycles. The Labute approximate surface area is 650 Å². The van der Waals surface area contributed by atoms with E-state index in [1.54, 1.807) is 20.8 Å². The fourth-order valence-electron chi connectivity index (χ4n) is 13.7. The number of nitrogens with zero attached hydrogens (tertiary/aromatic N) is 1. The molecule has 4 rings (SSSR count). The molecule has 0 aromatic rings. The van der Waals surface area contributed by atoms with Crippen LogP contribution in [-0.4, -0.2) is 303 Å². The summed E-state index contributed by atoms with van der Waals surface area (Å²) in [4.78, 5) is 106. The van der Waals surface area contributed by atoms with Gasteiger partial charge in [-0.05, 0) is 89.9 Å². The number of hydrogen-bond donors (Lipinski definition) is 15. The van der Waals surface area contributed by atoms with Crippen molar-refractivity contribution in [1.29, 1.82) is 0 Å². The fraction of sp³-hybridized carbons (Fsp3) is 0.896. The van der Waals surface area contributed by atoms with Gasteiger partial charge in [-0.2, -0.15) is 0 Å². The molecule has 7 amide bonds. The van der Waals surface area contributed by atoms with E-state index in [1.165, 1.54) is 0 Å². The van der Waals surface area contributed by atoms with Crippen LogP contribution in [0.5, 0.6) is 0 Å². The predicted octanol–water partition coefficient (Wildman–Crippen LogP) is 1.11. The van der Waals surface area contributed by atoms with E-state index in [1.807, 2.05) is 0 Å². The molecule has 0 aromatic heterocycles. The highest BCUT2D eigenvalue weighted by molar-refractivity contribution is 5.80. The molecule has 4 aliphatic rings. The lowest BCUT2D eigenvalue weighted by atomic mass is 9.84. The van der Waals surface area contributed by atoms with Crippen LogP contribution < -0.4 is 31.9 Å². The number of hydrogen-bond acceptors (Lipinski definition) is 26. The fourth-order valence-corrected chi connectivity index (χ4v) is 13.7. The summed E-state index contributed by atoms with van der Waals surface area (Å²) in [7, 11) is 0. The third-order valence-corrected chi connectivity index (χ3v) is 20.8. The number of amides is 7. The van der Waals surface area contributed by atoms with Crippen molar-refractivity contribution >= 4 is 47.1 Å². The molecule has 638 valence electrons. The SMILES string of the molecule is CC[C@@H]1CCCN1C(=O)CCCCCCCCCCC(=O)CC(COCCC(=O)NCCCNC(=O)CCCCOC1OC(CO)C(O)C(O)C1C)(COCCC(=O)NCCCNC(=O)CCCCOC1OC(CO)C(O)C(O)C1C)COCCC(=O)NCCCNC(=O)CCCCOC1OC(CO)C(O)C(O)C1C. The summed E-state index contributed by atoms with van der Waals surface area (Å²) in [6.07, 6.45) is 4.03. The molecule has 110 heavy (non-hydrogen) atoms. The van der Waals surface area contributed by atoms with Crippen molar-refractivity contribution < 1.29 is 127 Å². The van der Waals surface area contributed by atoms with Crippen molar-refractivity contribution in [2.75, 3.05) is 125 Å². The highest BCUT2D eigenvalue weighted by Gasteiger charge is 2.45. The van der Waals surface area contributed by atoms with Crippen LogP contribution in [-0.2, 0) is 81.0 Å². The third kappa shape index (κ3) is 38.6. The van der Waals surface area contributed by atoms with Gasteiger partial charge in [-0.1, -0.05) is 66.2 Å². The van der Waals surface area contributed by atoms with Gasteiger partial charge in [0.15, 0.2) is 18.9 Å². The number of carbonyl (C=O) groups excluding carboxylic acids is 8. The van der Waals surface area contributed by atoms with Gasteiger partial charge in [-0.3, -0.25) is 38.4 Å². The second-order valence-electron chi connectivity index (χ2n) is 30.1. The van der Waals surface area contributed by atoms with E-state index in [9.17, 15) is 84.3 Å². The number of likely N-dealkylation sites (tertiary alicyclic amines) is 1. The van der Waals surface area contributed by atoms with E-state index in [4.69, 9.17) is 42.6 Å². The molecule has 15 N–H and O–H groups in total. The summed E-state index contributed by atoms with van der Waals surface area (Å²) < 4.78 is 52.6. The van der Waals surface area contributed by atoms with E-state index in [-0.39, 0.29) is 178 Å². The van der Waals surface area contributed by atoms with Gasteiger partial charge in [0.1, 0.15) is 42.4 Å². The van der Waals surface area contributed by atoms with Crippen LogP contribution in [0, 0.1) is 23.2 Å². The van der Waals surface area contributed by atoms with Gasteiger partial charge in [0, 0.05) is 153 Å². The van der Waals surface area contributed by atoms with Crippen molar-refractivity contribution in [3.63, 3.8) is 0 Å². The van der Waals surface area contributed by atoms with Crippen LogP contribution in [0.2, 0.25) is 0 Å². The lowest BCUT2D eigenvalue weighted by Crippen LogP contribution is -2.55. The minimum absolute atomic E-state index is 0.0306. The molecule has 33 heteroatoms. The van der Waals surface area contributed by atoms with Crippen LogP contribution in [0.1, 0.15) is 214 Å². The standard InChI is InChI=1S/C77H139N7O26/c1-5-56-24-20-39-84(56)67(95)29-13-11-9-7-6-8-10-12-25-57(88)46-77(50-102-43-30-64(92)81-36-21-33-78-61(89)26-14-17-40-105-74-53(2)68(96)71(99)58(47-85)108-74,51-103-44-31-65(93)82-37-22-34-79-62(90)27-15-18-41-106-75-54(3)69(97)72(100)59(48-86)109-75)52-104-45-32-66(94)83-38-23-35-80-63(91)28-16-19-42-107-76-55(4)70(98)73(101)60(49-87)110-76/h53-56,58-60,68-76,85-87,96-101H,5-52H2,1-4H3,(H,78,89)(H,79,90)(H,80,91)(H,81,92)(H,82,93)(H,83,94)/t53?,54?,55?,56-,58?,59?,60?,68?,69?,70?,71?,72?,73?,74?,75?,76?,77?/m1/s1. The maximum absolute atomic E-state index is 14.1. The Morgan fingerprint density at radius 2 is 0.682 bits per heavy atom. The van der Waals surface area contributed by atoms with Crippen molar-refractivity contribution in [3.8, 4) is 0 Å². The molecule has 4 aliphatic heterocycles. The summed E-state index contributed by atoms with van der Waals surface area (Å²) in [5.74, 6) is -2.82. The zero-order valence-electron chi connectivity index (χ0n) is 66.1. The Hall–Kier alpha value is -4.76. The van der Waals surface area contributed by atoms with Crippen LogP contribution in [0.3, 0.4) is 0 Å². The van der Waals surface area contributed by atoms with E-state index >= 15 is 0 Å². The first kappa shape index (κ1) is 97.6. The summed E-state index contributed by atoms with van der Waals surface area (Å²) >= 11 is 0. The molecular weight excluding hydrogens is 1440 g/mol. The van der Waals surface area contributed by atoms with E-state index in [0.717, 1.165) is 70.8 Å². The van der Waals surface area contributed by atoms with Crippen LogP contribution >= 0.6 is 0 Å². The molecule has 0 radical (unpaired) electrons. The molecular formula is C77H139N7O26. The minimum Gasteiger partial charge on any atom is -0.394 e. The van der Waals surface area contributed by atoms with Gasteiger partial charge >= 0.3 is 0 Å². The Balaban J connectivity index is 1.26. The molecule has 33 nitrogen and oxygen atoms in total.